The molecule has 0 spiro atoms. The van der Waals surface area contributed by atoms with Gasteiger partial charge in [-0.1, -0.05) is 49.0 Å². The van der Waals surface area contributed by atoms with Gasteiger partial charge in [-0.2, -0.15) is 0 Å². The second-order valence-corrected chi connectivity index (χ2v) is 11.5. The highest BCUT2D eigenvalue weighted by Crippen LogP contribution is 2.26. The average Bonchev–Trinajstić information content (AvgIpc) is 2.41. The topological polar surface area (TPSA) is 27.7 Å². The fourth-order valence-corrected chi connectivity index (χ4v) is 9.43. The smallest absolute Gasteiger partial charge is 0.377 e. The summed E-state index contributed by atoms with van der Waals surface area (Å²) in [7, 11) is 1.40. The Morgan fingerprint density at radius 2 is 1.47 bits per heavy atom. The van der Waals surface area contributed by atoms with E-state index in [0.717, 1.165) is 0 Å². The van der Waals surface area contributed by atoms with Gasteiger partial charge in [-0.15, -0.1) is 0 Å². The van der Waals surface area contributed by atoms with E-state index in [1.165, 1.54) is 5.19 Å². The first-order valence-corrected chi connectivity index (χ1v) is 10.0. The lowest BCUT2D eigenvalue weighted by molar-refractivity contribution is 0.121. The van der Waals surface area contributed by atoms with E-state index < -0.39 is 17.6 Å². The molecule has 96 valence electrons. The number of rotatable bonds is 6. The van der Waals surface area contributed by atoms with E-state index in [4.69, 9.17) is 13.3 Å². The predicted octanol–water partition coefficient (Wildman–Crippen LogP) is 1.56. The Bertz CT molecular complexity index is 320. The van der Waals surface area contributed by atoms with Gasteiger partial charge >= 0.3 is 8.80 Å². The summed E-state index contributed by atoms with van der Waals surface area (Å²) in [6, 6.07) is 10.6. The molecule has 3 nitrogen and oxygen atoms in total. The molecule has 1 aromatic carbocycles. The predicted molar refractivity (Wildman–Crippen MR) is 75.3 cm³/mol. The van der Waals surface area contributed by atoms with Crippen molar-refractivity contribution in [3.05, 3.63) is 30.3 Å². The molecule has 2 unspecified atom stereocenters. The van der Waals surface area contributed by atoms with Crippen molar-refractivity contribution in [2.75, 3.05) is 21.3 Å². The average molecular weight is 270 g/mol. The van der Waals surface area contributed by atoms with Gasteiger partial charge in [0, 0.05) is 26.5 Å². The van der Waals surface area contributed by atoms with Gasteiger partial charge in [0.1, 0.15) is 0 Å². The number of benzene rings is 1. The molecule has 0 heterocycles. The third-order valence-corrected chi connectivity index (χ3v) is 12.0. The Morgan fingerprint density at radius 1 is 1.00 bits per heavy atom. The molecule has 0 N–H and O–H groups in total. The molecule has 0 aliphatic heterocycles. The standard InChI is InChI=1S/C12H22O3Si2/c1-11(17(13-2,14-3)15-4)16(5)12-9-7-6-8-10-12/h6-11,16H,1-5H3. The maximum absolute atomic E-state index is 5.57. The third-order valence-electron chi connectivity index (χ3n) is 3.49. The van der Waals surface area contributed by atoms with Crippen LogP contribution in [-0.2, 0) is 13.3 Å². The first kappa shape index (κ1) is 14.6. The van der Waals surface area contributed by atoms with Crippen molar-refractivity contribution >= 4 is 22.8 Å². The second-order valence-electron chi connectivity index (χ2n) is 4.20. The van der Waals surface area contributed by atoms with Crippen LogP contribution in [0.2, 0.25) is 11.7 Å². The fourth-order valence-electron chi connectivity index (χ4n) is 2.16. The van der Waals surface area contributed by atoms with Crippen molar-refractivity contribution < 1.29 is 13.3 Å². The van der Waals surface area contributed by atoms with Gasteiger partial charge < -0.3 is 13.3 Å². The molecule has 0 saturated carbocycles. The summed E-state index contributed by atoms with van der Waals surface area (Å²) in [6.45, 7) is 4.51. The third kappa shape index (κ3) is 3.05. The van der Waals surface area contributed by atoms with E-state index >= 15 is 0 Å². The highest BCUT2D eigenvalue weighted by Gasteiger charge is 2.47. The Balaban J connectivity index is 2.92. The summed E-state index contributed by atoms with van der Waals surface area (Å²) in [5.74, 6) is 0. The lowest BCUT2D eigenvalue weighted by Gasteiger charge is -2.33. The van der Waals surface area contributed by atoms with E-state index in [0.29, 0.717) is 5.16 Å². The molecule has 0 fully saturated rings. The zero-order chi connectivity index (χ0) is 12.9. The van der Waals surface area contributed by atoms with Gasteiger partial charge in [0.2, 0.25) is 0 Å². The number of hydrogen-bond donors (Lipinski definition) is 0. The first-order valence-electron chi connectivity index (χ1n) is 5.81. The molecule has 0 aliphatic carbocycles. The lowest BCUT2D eigenvalue weighted by Crippen LogP contribution is -2.53. The SMILES string of the molecule is CO[Si](OC)(OC)C(C)[SiH](C)c1ccccc1. The first-order chi connectivity index (χ1) is 8.11. The van der Waals surface area contributed by atoms with E-state index in [9.17, 15) is 0 Å². The maximum Gasteiger partial charge on any atom is 0.500 e. The van der Waals surface area contributed by atoms with E-state index in [2.05, 4.69) is 37.7 Å². The van der Waals surface area contributed by atoms with E-state index in [1.807, 2.05) is 6.07 Å². The van der Waals surface area contributed by atoms with Crippen LogP contribution < -0.4 is 5.19 Å². The van der Waals surface area contributed by atoms with Crippen molar-refractivity contribution in [3.63, 3.8) is 0 Å². The molecular formula is C12H22O3Si2. The van der Waals surface area contributed by atoms with Gasteiger partial charge in [0.05, 0.1) is 8.80 Å². The van der Waals surface area contributed by atoms with Crippen LogP contribution in [0, 0.1) is 0 Å². The minimum atomic E-state index is -2.50. The lowest BCUT2D eigenvalue weighted by atomic mass is 10.4. The molecular weight excluding hydrogens is 248 g/mol. The fraction of sp³-hybridized carbons (Fsp3) is 0.500. The minimum Gasteiger partial charge on any atom is -0.377 e. The molecule has 2 atom stereocenters. The summed E-state index contributed by atoms with van der Waals surface area (Å²) in [5.41, 5.74) is 0. The van der Waals surface area contributed by atoms with Crippen molar-refractivity contribution in [2.45, 2.75) is 18.6 Å². The summed E-state index contributed by atoms with van der Waals surface area (Å²) in [6.07, 6.45) is 0. The van der Waals surface area contributed by atoms with Gasteiger partial charge in [-0.25, -0.2) is 0 Å². The van der Waals surface area contributed by atoms with Crippen LogP contribution in [0.4, 0.5) is 0 Å². The molecule has 0 amide bonds. The van der Waals surface area contributed by atoms with Crippen LogP contribution in [0.1, 0.15) is 6.92 Å². The van der Waals surface area contributed by atoms with Crippen LogP contribution in [-0.4, -0.2) is 38.9 Å². The van der Waals surface area contributed by atoms with Crippen LogP contribution in [0.5, 0.6) is 0 Å². The molecule has 0 aromatic heterocycles. The molecule has 0 saturated heterocycles. The van der Waals surface area contributed by atoms with E-state index in [1.54, 1.807) is 21.3 Å². The second kappa shape index (κ2) is 6.46. The Labute approximate surface area is 107 Å². The van der Waals surface area contributed by atoms with Crippen LogP contribution in [0.3, 0.4) is 0 Å². The normalized spacial score (nSPS) is 15.6. The Kier molecular flexibility index (Phi) is 5.55. The molecule has 1 aromatic rings. The van der Waals surface area contributed by atoms with Crippen molar-refractivity contribution in [3.8, 4) is 0 Å². The van der Waals surface area contributed by atoms with Gasteiger partial charge in [0.25, 0.3) is 0 Å². The zero-order valence-corrected chi connectivity index (χ0v) is 13.4. The van der Waals surface area contributed by atoms with Crippen molar-refractivity contribution in [1.29, 1.82) is 0 Å². The number of hydrogen-bond acceptors (Lipinski definition) is 3. The van der Waals surface area contributed by atoms with Crippen molar-refractivity contribution in [1.82, 2.24) is 0 Å². The minimum absolute atomic E-state index is 0.352. The maximum atomic E-state index is 5.57. The molecule has 0 radical (unpaired) electrons. The molecule has 5 heteroatoms. The van der Waals surface area contributed by atoms with Crippen LogP contribution in [0.15, 0.2) is 30.3 Å². The zero-order valence-electron chi connectivity index (χ0n) is 11.3. The van der Waals surface area contributed by atoms with Crippen molar-refractivity contribution in [2.24, 2.45) is 0 Å². The van der Waals surface area contributed by atoms with E-state index in [-0.39, 0.29) is 0 Å². The Hall–Kier alpha value is -0.466. The summed E-state index contributed by atoms with van der Waals surface area (Å²) in [5, 5.41) is 1.77. The Morgan fingerprint density at radius 3 is 1.88 bits per heavy atom. The monoisotopic (exact) mass is 270 g/mol. The largest absolute Gasteiger partial charge is 0.500 e. The summed E-state index contributed by atoms with van der Waals surface area (Å²) in [4.78, 5) is 0. The molecule has 17 heavy (non-hydrogen) atoms. The molecule has 0 aliphatic rings. The summed E-state index contributed by atoms with van der Waals surface area (Å²) < 4.78 is 16.7. The highest BCUT2D eigenvalue weighted by molar-refractivity contribution is 6.87. The quantitative estimate of drug-likeness (QED) is 0.734. The van der Waals surface area contributed by atoms with Crippen LogP contribution >= 0.6 is 0 Å². The van der Waals surface area contributed by atoms with Gasteiger partial charge in [-0.3, -0.25) is 0 Å². The molecule has 1 rings (SSSR count). The highest BCUT2D eigenvalue weighted by atomic mass is 28.4. The van der Waals surface area contributed by atoms with Gasteiger partial charge in [0.15, 0.2) is 0 Å². The molecule has 0 bridgehead atoms. The van der Waals surface area contributed by atoms with Crippen LogP contribution in [0.25, 0.3) is 0 Å². The van der Waals surface area contributed by atoms with Gasteiger partial charge in [-0.05, 0) is 0 Å². The summed E-state index contributed by atoms with van der Waals surface area (Å²) >= 11 is 0.